The van der Waals surface area contributed by atoms with E-state index in [1.165, 1.54) is 6.33 Å². The molecule has 2 aromatic heterocycles. The van der Waals surface area contributed by atoms with Crippen molar-refractivity contribution in [2.75, 3.05) is 11.1 Å². The molecule has 3 amide bonds. The number of aromatic nitrogens is 3. The topological polar surface area (TPSA) is 127 Å². The maximum Gasteiger partial charge on any atom is 0.319 e. The molecule has 1 aliphatic heterocycles. The number of nitrogens with two attached hydrogens (primary N) is 1. The third-order valence-electron chi connectivity index (χ3n) is 5.55. The summed E-state index contributed by atoms with van der Waals surface area (Å²) < 4.78 is 2.09. The van der Waals surface area contributed by atoms with Crippen LogP contribution in [0, 0.1) is 0 Å². The van der Waals surface area contributed by atoms with Gasteiger partial charge in [-0.1, -0.05) is 6.07 Å². The van der Waals surface area contributed by atoms with Crippen LogP contribution in [-0.2, 0) is 6.54 Å². The number of benzene rings is 1. The number of nitrogens with zero attached hydrogens (tertiary/aromatic N) is 3. The zero-order valence-electron chi connectivity index (χ0n) is 16.8. The van der Waals surface area contributed by atoms with Crippen LogP contribution in [0.5, 0.6) is 0 Å². The average molecular weight is 405 g/mol. The number of hydrogen-bond acceptors (Lipinski definition) is 5. The quantitative estimate of drug-likeness (QED) is 0.533. The van der Waals surface area contributed by atoms with E-state index >= 15 is 0 Å². The largest absolute Gasteiger partial charge is 0.383 e. The molecule has 1 saturated carbocycles. The predicted octanol–water partition coefficient (Wildman–Crippen LogP) is 2.79. The van der Waals surface area contributed by atoms with E-state index in [-0.39, 0.29) is 24.0 Å². The number of nitrogen functional groups attached to an aromatic ring is 1. The summed E-state index contributed by atoms with van der Waals surface area (Å²) in [5.74, 6) is 0.174. The Bertz CT molecular complexity index is 1190. The zero-order chi connectivity index (χ0) is 21.0. The first kappa shape index (κ1) is 18.4. The molecular weight excluding hydrogens is 382 g/mol. The number of carbonyl (C=O) groups is 2. The van der Waals surface area contributed by atoms with Crippen molar-refractivity contribution in [3.05, 3.63) is 35.8 Å². The lowest BCUT2D eigenvalue weighted by atomic mass is 9.97. The Morgan fingerprint density at radius 1 is 1.27 bits per heavy atom. The van der Waals surface area contributed by atoms with Gasteiger partial charge in [0, 0.05) is 34.6 Å². The van der Waals surface area contributed by atoms with Crippen molar-refractivity contribution in [2.45, 2.75) is 45.3 Å². The number of anilines is 2. The Morgan fingerprint density at radius 2 is 2.07 bits per heavy atom. The van der Waals surface area contributed by atoms with Crippen molar-refractivity contribution in [2.24, 2.45) is 0 Å². The van der Waals surface area contributed by atoms with Gasteiger partial charge in [-0.2, -0.15) is 0 Å². The minimum atomic E-state index is -0.263. The van der Waals surface area contributed by atoms with Gasteiger partial charge in [0.1, 0.15) is 17.8 Å². The molecule has 0 unspecified atom stereocenters. The summed E-state index contributed by atoms with van der Waals surface area (Å²) in [6, 6.07) is 5.46. The van der Waals surface area contributed by atoms with Crippen LogP contribution in [0.3, 0.4) is 0 Å². The molecule has 30 heavy (non-hydrogen) atoms. The molecule has 3 heterocycles. The monoisotopic (exact) mass is 405 g/mol. The second-order valence-electron chi connectivity index (χ2n) is 8.06. The van der Waals surface area contributed by atoms with Gasteiger partial charge < -0.3 is 26.3 Å². The minimum absolute atomic E-state index is 0.121. The van der Waals surface area contributed by atoms with Crippen LogP contribution in [0.15, 0.2) is 24.5 Å². The fraction of sp³-hybridized carbons (Fsp3) is 0.333. The van der Waals surface area contributed by atoms with Crippen molar-refractivity contribution in [1.82, 2.24) is 25.2 Å². The second-order valence-corrected chi connectivity index (χ2v) is 8.06. The Morgan fingerprint density at radius 3 is 2.80 bits per heavy atom. The maximum absolute atomic E-state index is 12.9. The summed E-state index contributed by atoms with van der Waals surface area (Å²) in [4.78, 5) is 33.7. The summed E-state index contributed by atoms with van der Waals surface area (Å²) >= 11 is 0. The molecule has 1 aromatic carbocycles. The van der Waals surface area contributed by atoms with Crippen LogP contribution in [0.1, 0.15) is 48.8 Å². The Balaban J connectivity index is 1.67. The van der Waals surface area contributed by atoms with Crippen molar-refractivity contribution in [1.29, 1.82) is 0 Å². The summed E-state index contributed by atoms with van der Waals surface area (Å²) in [6.45, 7) is 4.48. The lowest BCUT2D eigenvalue weighted by Crippen LogP contribution is -2.30. The van der Waals surface area contributed by atoms with Gasteiger partial charge in [0.25, 0.3) is 5.91 Å². The highest BCUT2D eigenvalue weighted by molar-refractivity contribution is 6.11. The van der Waals surface area contributed by atoms with Crippen molar-refractivity contribution in [3.8, 4) is 11.1 Å². The highest BCUT2D eigenvalue weighted by Crippen LogP contribution is 2.41. The minimum Gasteiger partial charge on any atom is -0.383 e. The van der Waals surface area contributed by atoms with E-state index in [0.29, 0.717) is 23.6 Å². The Labute approximate surface area is 173 Å². The summed E-state index contributed by atoms with van der Waals surface area (Å²) in [5, 5.41) is 9.42. The van der Waals surface area contributed by atoms with Gasteiger partial charge >= 0.3 is 6.03 Å². The smallest absolute Gasteiger partial charge is 0.319 e. The SMILES string of the molecule is CC(C)n1c2c(c3c(N)ncnc31)-c1ccc(NC(=O)NC3CC3)cc1C(=O)NC2. The van der Waals surface area contributed by atoms with E-state index < -0.39 is 0 Å². The fourth-order valence-electron chi connectivity index (χ4n) is 4.09. The van der Waals surface area contributed by atoms with Crippen molar-refractivity contribution >= 4 is 34.5 Å². The van der Waals surface area contributed by atoms with Gasteiger partial charge in [-0.05, 0) is 44.4 Å². The number of amides is 3. The van der Waals surface area contributed by atoms with E-state index in [1.807, 2.05) is 6.07 Å². The van der Waals surface area contributed by atoms with Gasteiger partial charge in [-0.15, -0.1) is 0 Å². The lowest BCUT2D eigenvalue weighted by Gasteiger charge is -2.14. The van der Waals surface area contributed by atoms with Gasteiger partial charge in [0.15, 0.2) is 0 Å². The number of rotatable bonds is 3. The van der Waals surface area contributed by atoms with Gasteiger partial charge in [-0.3, -0.25) is 4.79 Å². The molecule has 5 rings (SSSR count). The highest BCUT2D eigenvalue weighted by atomic mass is 16.2. The van der Waals surface area contributed by atoms with Gasteiger partial charge in [0.2, 0.25) is 0 Å². The second kappa shape index (κ2) is 6.72. The highest BCUT2D eigenvalue weighted by Gasteiger charge is 2.29. The Hall–Kier alpha value is -3.62. The number of hydrogen-bond donors (Lipinski definition) is 4. The van der Waals surface area contributed by atoms with Crippen LogP contribution in [-0.4, -0.2) is 32.5 Å². The lowest BCUT2D eigenvalue weighted by molar-refractivity contribution is 0.0952. The van der Waals surface area contributed by atoms with Crippen molar-refractivity contribution < 1.29 is 9.59 Å². The zero-order valence-corrected chi connectivity index (χ0v) is 16.8. The normalized spacial score (nSPS) is 15.4. The average Bonchev–Trinajstić information content (AvgIpc) is 3.46. The van der Waals surface area contributed by atoms with E-state index in [4.69, 9.17) is 5.73 Å². The third kappa shape index (κ3) is 2.94. The summed E-state index contributed by atoms with van der Waals surface area (Å²) in [5.41, 5.74) is 10.6. The summed E-state index contributed by atoms with van der Waals surface area (Å²) in [6.07, 6.45) is 3.47. The number of nitrogens with one attached hydrogen (secondary N) is 3. The van der Waals surface area contributed by atoms with E-state index in [2.05, 4.69) is 44.3 Å². The summed E-state index contributed by atoms with van der Waals surface area (Å²) in [7, 11) is 0. The number of fused-ring (bicyclic) bond motifs is 5. The van der Waals surface area contributed by atoms with E-state index in [9.17, 15) is 9.59 Å². The molecule has 0 bridgehead atoms. The molecular formula is C21H23N7O2. The molecule has 1 aliphatic carbocycles. The van der Waals surface area contributed by atoms with Crippen LogP contribution in [0.2, 0.25) is 0 Å². The van der Waals surface area contributed by atoms with E-state index in [0.717, 1.165) is 40.7 Å². The molecule has 0 radical (unpaired) electrons. The third-order valence-corrected chi connectivity index (χ3v) is 5.55. The molecule has 9 heteroatoms. The van der Waals surface area contributed by atoms with Gasteiger partial charge in [-0.25, -0.2) is 14.8 Å². The molecule has 154 valence electrons. The first-order chi connectivity index (χ1) is 14.4. The predicted molar refractivity (Wildman–Crippen MR) is 114 cm³/mol. The molecule has 9 nitrogen and oxygen atoms in total. The number of urea groups is 1. The molecule has 5 N–H and O–H groups in total. The molecule has 2 aliphatic rings. The molecule has 1 fully saturated rings. The van der Waals surface area contributed by atoms with Crippen LogP contribution >= 0.6 is 0 Å². The van der Waals surface area contributed by atoms with Gasteiger partial charge in [0.05, 0.1) is 11.9 Å². The first-order valence-corrected chi connectivity index (χ1v) is 10.1. The first-order valence-electron chi connectivity index (χ1n) is 10.1. The fourth-order valence-corrected chi connectivity index (χ4v) is 4.09. The van der Waals surface area contributed by atoms with E-state index in [1.54, 1.807) is 12.1 Å². The van der Waals surface area contributed by atoms with Crippen LogP contribution < -0.4 is 21.7 Å². The molecule has 3 aromatic rings. The molecule has 0 atom stereocenters. The van der Waals surface area contributed by atoms with Crippen molar-refractivity contribution in [3.63, 3.8) is 0 Å². The standard InChI is InChI=1S/C21H23N7O2/c1-10(2)28-15-8-23-20(29)14-7-12(27-21(30)26-11-3-4-11)5-6-13(14)16(15)17-18(22)24-9-25-19(17)28/h5-7,9-11H,3-4,8H2,1-2H3,(H,23,29)(H2,22,24,25)(H2,26,27,30). The number of carbonyl (C=O) groups excluding carboxylic acids is 2. The van der Waals surface area contributed by atoms with Crippen LogP contribution in [0.25, 0.3) is 22.2 Å². The molecule has 0 saturated heterocycles. The molecule has 0 spiro atoms. The van der Waals surface area contributed by atoms with Crippen LogP contribution in [0.4, 0.5) is 16.3 Å². The Kier molecular flexibility index (Phi) is 4.12. The maximum atomic E-state index is 12.9.